The molecule has 1 unspecified atom stereocenters. The molecule has 1 amide bonds. The number of amides is 1. The Labute approximate surface area is 126 Å². The van der Waals surface area contributed by atoms with Crippen LogP contribution >= 0.6 is 11.3 Å². The van der Waals surface area contributed by atoms with Gasteiger partial charge in [-0.2, -0.15) is 0 Å². The number of nitrogens with zero attached hydrogens (tertiary/aromatic N) is 1. The summed E-state index contributed by atoms with van der Waals surface area (Å²) in [6.07, 6.45) is 4.85. The lowest BCUT2D eigenvalue weighted by Gasteiger charge is -2.23. The van der Waals surface area contributed by atoms with Gasteiger partial charge in [0.05, 0.1) is 11.6 Å². The van der Waals surface area contributed by atoms with Crippen molar-refractivity contribution >= 4 is 23.1 Å². The quantitative estimate of drug-likeness (QED) is 0.896. The third-order valence-corrected chi connectivity index (χ3v) is 5.52. The zero-order chi connectivity index (χ0) is 14.4. The molecule has 1 aliphatic heterocycles. The van der Waals surface area contributed by atoms with Crippen molar-refractivity contribution in [1.82, 2.24) is 9.78 Å². The second kappa shape index (κ2) is 4.87. The summed E-state index contributed by atoms with van der Waals surface area (Å²) in [6.45, 7) is 0. The number of rotatable bonds is 2. The lowest BCUT2D eigenvalue weighted by atomic mass is 9.92. The first kappa shape index (κ1) is 12.9. The smallest absolute Gasteiger partial charge is 0.270 e. The van der Waals surface area contributed by atoms with Crippen LogP contribution in [0.2, 0.25) is 0 Å². The molecule has 3 heterocycles. The molecule has 2 aromatic rings. The summed E-state index contributed by atoms with van der Waals surface area (Å²) in [5.41, 5.74) is 0.666. The van der Waals surface area contributed by atoms with Crippen molar-refractivity contribution < 1.29 is 4.79 Å². The molecule has 0 bridgehead atoms. The topological polar surface area (TPSA) is 66.9 Å². The lowest BCUT2D eigenvalue weighted by Crippen LogP contribution is -2.26. The van der Waals surface area contributed by atoms with Crippen LogP contribution in [0.1, 0.15) is 54.5 Å². The molecule has 1 atom stereocenters. The van der Waals surface area contributed by atoms with Crippen LogP contribution in [0.3, 0.4) is 0 Å². The van der Waals surface area contributed by atoms with E-state index >= 15 is 0 Å². The van der Waals surface area contributed by atoms with Crippen molar-refractivity contribution in [2.45, 2.75) is 44.1 Å². The number of carbonyl (C=O) groups excluding carboxylic acids is 1. The number of fused-ring (bicyclic) bond motifs is 1. The minimum Gasteiger partial charge on any atom is -0.311 e. The summed E-state index contributed by atoms with van der Waals surface area (Å²) in [4.78, 5) is 25.6. The van der Waals surface area contributed by atoms with Crippen molar-refractivity contribution in [2.24, 2.45) is 0 Å². The van der Waals surface area contributed by atoms with Gasteiger partial charge in [0.15, 0.2) is 0 Å². The molecule has 2 aliphatic rings. The first-order chi connectivity index (χ1) is 10.2. The van der Waals surface area contributed by atoms with E-state index in [0.29, 0.717) is 18.3 Å². The molecular formula is C15H17N3O2S. The van der Waals surface area contributed by atoms with E-state index in [-0.39, 0.29) is 17.4 Å². The summed E-state index contributed by atoms with van der Waals surface area (Å²) in [6, 6.07) is 4.28. The van der Waals surface area contributed by atoms with Gasteiger partial charge in [-0.15, -0.1) is 11.3 Å². The summed E-state index contributed by atoms with van der Waals surface area (Å²) < 4.78 is 1.91. The number of anilines is 1. The van der Waals surface area contributed by atoms with Gasteiger partial charge < -0.3 is 5.32 Å². The third-order valence-electron chi connectivity index (χ3n) is 4.53. The Morgan fingerprint density at radius 3 is 2.76 bits per heavy atom. The second-order valence-corrected chi connectivity index (χ2v) is 6.81. The van der Waals surface area contributed by atoms with Gasteiger partial charge in [-0.05, 0) is 24.3 Å². The highest BCUT2D eigenvalue weighted by Crippen LogP contribution is 2.39. The molecule has 0 aromatic carbocycles. The molecule has 1 fully saturated rings. The van der Waals surface area contributed by atoms with Crippen LogP contribution in [-0.2, 0) is 4.79 Å². The number of H-pyrrole nitrogens is 1. The van der Waals surface area contributed by atoms with Crippen LogP contribution in [0.25, 0.3) is 0 Å². The first-order valence-electron chi connectivity index (χ1n) is 7.41. The number of thiophene rings is 1. The van der Waals surface area contributed by atoms with Gasteiger partial charge in [0.2, 0.25) is 5.91 Å². The molecule has 5 nitrogen and oxygen atoms in total. The van der Waals surface area contributed by atoms with E-state index in [0.717, 1.165) is 23.3 Å². The van der Waals surface area contributed by atoms with Crippen molar-refractivity contribution in [3.8, 4) is 0 Å². The van der Waals surface area contributed by atoms with Crippen LogP contribution in [0.15, 0.2) is 22.3 Å². The number of aromatic amines is 1. The predicted octanol–water partition coefficient (Wildman–Crippen LogP) is 2.83. The molecule has 0 spiro atoms. The molecule has 21 heavy (non-hydrogen) atoms. The zero-order valence-corrected chi connectivity index (χ0v) is 12.4. The van der Waals surface area contributed by atoms with E-state index in [1.165, 1.54) is 12.8 Å². The minimum atomic E-state index is -0.111. The second-order valence-electron chi connectivity index (χ2n) is 5.83. The molecule has 1 aliphatic carbocycles. The van der Waals surface area contributed by atoms with Crippen LogP contribution in [0.4, 0.5) is 5.82 Å². The first-order valence-corrected chi connectivity index (χ1v) is 8.29. The van der Waals surface area contributed by atoms with E-state index in [2.05, 4.69) is 10.4 Å². The van der Waals surface area contributed by atoms with Gasteiger partial charge in [-0.3, -0.25) is 19.4 Å². The number of aromatic nitrogens is 2. The fraction of sp³-hybridized carbons (Fsp3) is 0.467. The highest BCUT2D eigenvalue weighted by molar-refractivity contribution is 7.10. The Hall–Kier alpha value is -1.82. The summed E-state index contributed by atoms with van der Waals surface area (Å²) in [5.74, 6) is 0.577. The van der Waals surface area contributed by atoms with Crippen molar-refractivity contribution in [3.05, 3.63) is 38.3 Å². The average molecular weight is 303 g/mol. The maximum Gasteiger partial charge on any atom is 0.270 e. The lowest BCUT2D eigenvalue weighted by molar-refractivity contribution is -0.116. The van der Waals surface area contributed by atoms with Crippen LogP contribution in [0.5, 0.6) is 0 Å². The summed E-state index contributed by atoms with van der Waals surface area (Å²) >= 11 is 1.60. The highest BCUT2D eigenvalue weighted by atomic mass is 32.1. The van der Waals surface area contributed by atoms with Gasteiger partial charge in [0.25, 0.3) is 5.56 Å². The SMILES string of the molecule is O=C1CC(c2cccs2)c2c(n(C3CCCC3)[nH]c2=O)N1. The summed E-state index contributed by atoms with van der Waals surface area (Å²) in [5, 5.41) is 7.87. The molecule has 1 saturated carbocycles. The van der Waals surface area contributed by atoms with Crippen molar-refractivity contribution in [2.75, 3.05) is 5.32 Å². The third kappa shape index (κ3) is 2.05. The van der Waals surface area contributed by atoms with E-state index in [9.17, 15) is 9.59 Å². The highest BCUT2D eigenvalue weighted by Gasteiger charge is 2.34. The Balaban J connectivity index is 1.84. The number of carbonyl (C=O) groups is 1. The molecule has 2 aromatic heterocycles. The van der Waals surface area contributed by atoms with Gasteiger partial charge >= 0.3 is 0 Å². The van der Waals surface area contributed by atoms with Crippen molar-refractivity contribution in [1.29, 1.82) is 0 Å². The van der Waals surface area contributed by atoms with E-state index < -0.39 is 0 Å². The van der Waals surface area contributed by atoms with Gasteiger partial charge in [-0.25, -0.2) is 0 Å². The Morgan fingerprint density at radius 2 is 2.05 bits per heavy atom. The fourth-order valence-corrected chi connectivity index (χ4v) is 4.39. The van der Waals surface area contributed by atoms with Crippen molar-refractivity contribution in [3.63, 3.8) is 0 Å². The average Bonchev–Trinajstić information content (AvgIpc) is 3.18. The van der Waals surface area contributed by atoms with E-state index in [4.69, 9.17) is 0 Å². The summed E-state index contributed by atoms with van der Waals surface area (Å²) in [7, 11) is 0. The van der Waals surface area contributed by atoms with E-state index in [1.54, 1.807) is 11.3 Å². The van der Waals surface area contributed by atoms with Crippen LogP contribution in [-0.4, -0.2) is 15.7 Å². The largest absolute Gasteiger partial charge is 0.311 e. The maximum absolute atomic E-state index is 12.4. The van der Waals surface area contributed by atoms with Crippen LogP contribution in [0, 0.1) is 0 Å². The monoisotopic (exact) mass is 303 g/mol. The zero-order valence-electron chi connectivity index (χ0n) is 11.6. The van der Waals surface area contributed by atoms with Crippen LogP contribution < -0.4 is 10.9 Å². The number of hydrogen-bond donors (Lipinski definition) is 2. The van der Waals surface area contributed by atoms with Gasteiger partial charge in [-0.1, -0.05) is 18.9 Å². The molecular weight excluding hydrogens is 286 g/mol. The number of hydrogen-bond acceptors (Lipinski definition) is 3. The molecule has 0 saturated heterocycles. The Morgan fingerprint density at radius 1 is 1.24 bits per heavy atom. The molecule has 110 valence electrons. The predicted molar refractivity (Wildman–Crippen MR) is 82.0 cm³/mol. The molecule has 4 rings (SSSR count). The molecule has 6 heteroatoms. The fourth-order valence-electron chi connectivity index (χ4n) is 3.55. The minimum absolute atomic E-state index is 0.00773. The van der Waals surface area contributed by atoms with Gasteiger partial charge in [0, 0.05) is 17.2 Å². The molecule has 2 N–H and O–H groups in total. The standard InChI is InChI=1S/C15H17N3O2S/c19-12-8-10(11-6-3-7-21-11)13-14(16-12)18(17-15(13)20)9-4-1-2-5-9/h3,6-7,9-10H,1-2,4-5,8H2,(H,16,19)(H,17,20). The maximum atomic E-state index is 12.4. The molecule has 0 radical (unpaired) electrons. The number of nitrogens with one attached hydrogen (secondary N) is 2. The van der Waals surface area contributed by atoms with E-state index in [1.807, 2.05) is 22.2 Å². The Bertz CT molecular complexity index is 723. The van der Waals surface area contributed by atoms with Gasteiger partial charge in [0.1, 0.15) is 5.82 Å². The normalized spacial score (nSPS) is 22.3. The Kier molecular flexibility index (Phi) is 2.99.